The number of hydrazone groups is 1. The maximum Gasteiger partial charge on any atom is 0.249 e. The molecule has 0 aromatic heterocycles. The third-order valence-corrected chi connectivity index (χ3v) is 4.28. The normalized spacial score (nSPS) is 10.4. The molecule has 2 N–H and O–H groups in total. The molecule has 2 aromatic rings. The first-order valence-electron chi connectivity index (χ1n) is 8.83. The fourth-order valence-electron chi connectivity index (χ4n) is 2.34. The molecule has 30 heavy (non-hydrogen) atoms. The molecule has 0 aliphatic rings. The van der Waals surface area contributed by atoms with Crippen LogP contribution in [0, 0.1) is 0 Å². The van der Waals surface area contributed by atoms with Gasteiger partial charge in [-0.3, -0.25) is 9.59 Å². The smallest absolute Gasteiger partial charge is 0.249 e. The van der Waals surface area contributed by atoms with Crippen LogP contribution in [0.15, 0.2) is 58.6 Å². The van der Waals surface area contributed by atoms with E-state index in [-0.39, 0.29) is 6.42 Å². The van der Waals surface area contributed by atoms with E-state index in [0.29, 0.717) is 39.6 Å². The van der Waals surface area contributed by atoms with Crippen LogP contribution < -0.4 is 25.0 Å². The zero-order valence-corrected chi connectivity index (χ0v) is 18.2. The first kappa shape index (κ1) is 23.0. The van der Waals surface area contributed by atoms with Gasteiger partial charge in [0.25, 0.3) is 0 Å². The van der Waals surface area contributed by atoms with E-state index in [1.165, 1.54) is 13.3 Å². The van der Waals surface area contributed by atoms with Crippen LogP contribution in [-0.2, 0) is 9.59 Å². The van der Waals surface area contributed by atoms with Crippen molar-refractivity contribution in [2.24, 2.45) is 5.10 Å². The number of nitrogens with zero attached hydrogens (tertiary/aromatic N) is 1. The monoisotopic (exact) mass is 475 g/mol. The lowest BCUT2D eigenvalue weighted by atomic mass is 10.2. The second-order valence-electron chi connectivity index (χ2n) is 5.88. The Balaban J connectivity index is 1.90. The van der Waals surface area contributed by atoms with Gasteiger partial charge in [0.2, 0.25) is 11.8 Å². The van der Waals surface area contributed by atoms with Crippen LogP contribution in [0.4, 0.5) is 5.69 Å². The van der Waals surface area contributed by atoms with E-state index in [1.807, 2.05) is 0 Å². The Morgan fingerprint density at radius 2 is 1.87 bits per heavy atom. The van der Waals surface area contributed by atoms with Crippen molar-refractivity contribution in [3.05, 3.63) is 59.1 Å². The second kappa shape index (κ2) is 11.6. The lowest BCUT2D eigenvalue weighted by Crippen LogP contribution is -2.24. The van der Waals surface area contributed by atoms with Crippen molar-refractivity contribution in [2.75, 3.05) is 26.1 Å². The van der Waals surface area contributed by atoms with Crippen LogP contribution >= 0.6 is 15.9 Å². The number of benzene rings is 2. The summed E-state index contributed by atoms with van der Waals surface area (Å²) in [5.74, 6) is 0.700. The highest BCUT2D eigenvalue weighted by atomic mass is 79.9. The van der Waals surface area contributed by atoms with Gasteiger partial charge in [0.1, 0.15) is 18.8 Å². The molecule has 158 valence electrons. The van der Waals surface area contributed by atoms with E-state index in [4.69, 9.17) is 14.2 Å². The van der Waals surface area contributed by atoms with Crippen LogP contribution in [0.3, 0.4) is 0 Å². The minimum Gasteiger partial charge on any atom is -0.497 e. The van der Waals surface area contributed by atoms with Crippen LogP contribution in [-0.4, -0.2) is 38.9 Å². The molecule has 0 aliphatic carbocycles. The van der Waals surface area contributed by atoms with Gasteiger partial charge in [0, 0.05) is 5.69 Å². The Morgan fingerprint density at radius 3 is 2.50 bits per heavy atom. The zero-order valence-electron chi connectivity index (χ0n) is 16.6. The summed E-state index contributed by atoms with van der Waals surface area (Å²) >= 11 is 3.41. The number of hydrogen-bond donors (Lipinski definition) is 2. The van der Waals surface area contributed by atoms with Crippen molar-refractivity contribution >= 4 is 39.6 Å². The van der Waals surface area contributed by atoms with Crippen LogP contribution in [0.5, 0.6) is 17.2 Å². The number of halogens is 1. The van der Waals surface area contributed by atoms with E-state index in [1.54, 1.807) is 49.6 Å². The number of methoxy groups -OCH3 is 2. The highest BCUT2D eigenvalue weighted by molar-refractivity contribution is 9.10. The number of hydrogen-bond acceptors (Lipinski definition) is 6. The van der Waals surface area contributed by atoms with E-state index >= 15 is 0 Å². The SMILES string of the molecule is C=CCOc1c(Br)cc(C=NNC(=O)CC(=O)Nc2ccc(OC)cc2)cc1OC. The molecule has 0 saturated carbocycles. The van der Waals surface area contributed by atoms with Gasteiger partial charge >= 0.3 is 0 Å². The Morgan fingerprint density at radius 1 is 1.13 bits per heavy atom. The van der Waals surface area contributed by atoms with Crippen LogP contribution in [0.2, 0.25) is 0 Å². The molecule has 2 aromatic carbocycles. The van der Waals surface area contributed by atoms with Gasteiger partial charge in [-0.05, 0) is 57.9 Å². The van der Waals surface area contributed by atoms with Gasteiger partial charge in [-0.2, -0.15) is 5.10 Å². The summed E-state index contributed by atoms with van der Waals surface area (Å²) in [6, 6.07) is 10.2. The fourth-order valence-corrected chi connectivity index (χ4v) is 2.91. The molecule has 0 atom stereocenters. The zero-order chi connectivity index (χ0) is 21.9. The van der Waals surface area contributed by atoms with Crippen LogP contribution in [0.25, 0.3) is 0 Å². The van der Waals surface area contributed by atoms with Crippen molar-refractivity contribution in [2.45, 2.75) is 6.42 Å². The molecule has 0 spiro atoms. The van der Waals surface area contributed by atoms with Gasteiger partial charge < -0.3 is 19.5 Å². The summed E-state index contributed by atoms with van der Waals surface area (Å²) in [5.41, 5.74) is 3.54. The fraction of sp³-hybridized carbons (Fsp3) is 0.190. The molecule has 0 fully saturated rings. The molecule has 2 rings (SSSR count). The molecule has 0 saturated heterocycles. The van der Waals surface area contributed by atoms with Gasteiger partial charge in [-0.15, -0.1) is 0 Å². The highest BCUT2D eigenvalue weighted by Gasteiger charge is 2.11. The number of amides is 2. The van der Waals surface area contributed by atoms with Crippen molar-refractivity contribution in [3.8, 4) is 17.2 Å². The van der Waals surface area contributed by atoms with E-state index in [9.17, 15) is 9.59 Å². The lowest BCUT2D eigenvalue weighted by Gasteiger charge is -2.12. The van der Waals surface area contributed by atoms with Crippen LogP contribution in [0.1, 0.15) is 12.0 Å². The predicted octanol–water partition coefficient (Wildman–Crippen LogP) is 3.51. The maximum absolute atomic E-state index is 12.0. The Labute approximate surface area is 183 Å². The quantitative estimate of drug-likeness (QED) is 0.237. The Bertz CT molecular complexity index is 929. The Hall–Kier alpha value is -3.33. The topological polar surface area (TPSA) is 98.2 Å². The highest BCUT2D eigenvalue weighted by Crippen LogP contribution is 2.36. The molecule has 0 aliphatic heterocycles. The second-order valence-corrected chi connectivity index (χ2v) is 6.73. The van der Waals surface area contributed by atoms with E-state index < -0.39 is 11.8 Å². The number of anilines is 1. The van der Waals surface area contributed by atoms with E-state index in [2.05, 4.69) is 38.4 Å². The molecule has 2 amide bonds. The molecule has 9 heteroatoms. The molecule has 0 radical (unpaired) electrons. The molecular formula is C21H22BrN3O5. The van der Waals surface area contributed by atoms with Gasteiger partial charge in [0.05, 0.1) is 24.9 Å². The summed E-state index contributed by atoms with van der Waals surface area (Å²) in [5, 5.41) is 6.51. The standard InChI is InChI=1S/C21H22BrN3O5/c1-4-9-30-21-17(22)10-14(11-18(21)29-3)13-23-25-20(27)12-19(26)24-15-5-7-16(28-2)8-6-15/h4-8,10-11,13H,1,9,12H2,2-3H3,(H,24,26)(H,25,27). The molecular weight excluding hydrogens is 454 g/mol. The van der Waals surface area contributed by atoms with Crippen molar-refractivity contribution in [3.63, 3.8) is 0 Å². The summed E-state index contributed by atoms with van der Waals surface area (Å²) in [7, 11) is 3.07. The lowest BCUT2D eigenvalue weighted by molar-refractivity contribution is -0.126. The summed E-state index contributed by atoms with van der Waals surface area (Å²) < 4.78 is 16.6. The van der Waals surface area contributed by atoms with Gasteiger partial charge in [-0.25, -0.2) is 5.43 Å². The summed E-state index contributed by atoms with van der Waals surface area (Å²) in [4.78, 5) is 23.9. The number of carbonyl (C=O) groups is 2. The molecule has 0 unspecified atom stereocenters. The first-order valence-corrected chi connectivity index (χ1v) is 9.63. The number of carbonyl (C=O) groups excluding carboxylic acids is 2. The van der Waals surface area contributed by atoms with Crippen molar-refractivity contribution in [1.82, 2.24) is 5.43 Å². The third-order valence-electron chi connectivity index (χ3n) is 3.70. The Kier molecular flexibility index (Phi) is 8.89. The summed E-state index contributed by atoms with van der Waals surface area (Å²) in [6.45, 7) is 3.94. The molecule has 0 heterocycles. The minimum atomic E-state index is -0.547. The average Bonchev–Trinajstić information content (AvgIpc) is 2.73. The van der Waals surface area contributed by atoms with Gasteiger partial charge in [-0.1, -0.05) is 12.7 Å². The van der Waals surface area contributed by atoms with Crippen molar-refractivity contribution < 1.29 is 23.8 Å². The van der Waals surface area contributed by atoms with Crippen molar-refractivity contribution in [1.29, 1.82) is 0 Å². The maximum atomic E-state index is 12.0. The predicted molar refractivity (Wildman–Crippen MR) is 118 cm³/mol. The summed E-state index contributed by atoms with van der Waals surface area (Å²) in [6.07, 6.45) is 2.69. The minimum absolute atomic E-state index is 0.330. The van der Waals surface area contributed by atoms with Gasteiger partial charge in [0.15, 0.2) is 11.5 Å². The molecule has 8 nitrogen and oxygen atoms in total. The number of rotatable bonds is 10. The number of ether oxygens (including phenoxy) is 3. The van der Waals surface area contributed by atoms with E-state index in [0.717, 1.165) is 0 Å². The first-order chi connectivity index (χ1) is 14.5. The molecule has 0 bridgehead atoms. The largest absolute Gasteiger partial charge is 0.497 e. The number of nitrogens with one attached hydrogen (secondary N) is 2. The third kappa shape index (κ3) is 6.93. The average molecular weight is 476 g/mol.